The summed E-state index contributed by atoms with van der Waals surface area (Å²) in [5.41, 5.74) is 0. The van der Waals surface area contributed by atoms with E-state index in [0.717, 1.165) is 12.2 Å². The molecule has 3 rings (SSSR count). The van der Waals surface area contributed by atoms with Gasteiger partial charge >= 0.3 is 6.03 Å². The Kier molecular flexibility index (Phi) is 4.92. The quantitative estimate of drug-likeness (QED) is 0.929. The van der Waals surface area contributed by atoms with Crippen molar-refractivity contribution in [3.8, 4) is 0 Å². The molecular formula is C15H21N5O2S. The normalized spacial score (nSPS) is 19.6. The lowest BCUT2D eigenvalue weighted by atomic mass is 10.2. The molecule has 7 nitrogen and oxygen atoms in total. The largest absolute Gasteiger partial charge is 0.366 e. The highest BCUT2D eigenvalue weighted by atomic mass is 32.1. The third kappa shape index (κ3) is 3.53. The maximum absolute atomic E-state index is 12.6. The van der Waals surface area contributed by atoms with Crippen LogP contribution in [0.25, 0.3) is 0 Å². The van der Waals surface area contributed by atoms with Crippen molar-refractivity contribution in [3.63, 3.8) is 0 Å². The van der Waals surface area contributed by atoms with Crippen molar-refractivity contribution in [1.29, 1.82) is 0 Å². The summed E-state index contributed by atoms with van der Waals surface area (Å²) in [7, 11) is 1.88. The van der Waals surface area contributed by atoms with Crippen LogP contribution in [0.2, 0.25) is 0 Å². The molecule has 2 atom stereocenters. The molecule has 0 saturated carbocycles. The lowest BCUT2D eigenvalue weighted by molar-refractivity contribution is -0.0217. The predicted molar refractivity (Wildman–Crippen MR) is 87.2 cm³/mol. The summed E-state index contributed by atoms with van der Waals surface area (Å²) in [4.78, 5) is 15.6. The van der Waals surface area contributed by atoms with Gasteiger partial charge in [0.2, 0.25) is 0 Å². The molecule has 0 bridgehead atoms. The number of carbonyl (C=O) groups is 1. The lowest BCUT2D eigenvalue weighted by Gasteiger charge is -2.33. The molecule has 3 heterocycles. The van der Waals surface area contributed by atoms with Gasteiger partial charge in [-0.3, -0.25) is 0 Å². The average Bonchev–Trinajstić information content (AvgIpc) is 3.24. The van der Waals surface area contributed by atoms with Crippen LogP contribution in [0.4, 0.5) is 4.79 Å². The molecule has 2 unspecified atom stereocenters. The van der Waals surface area contributed by atoms with Gasteiger partial charge in [0.05, 0.1) is 19.2 Å². The minimum absolute atomic E-state index is 0.0543. The summed E-state index contributed by atoms with van der Waals surface area (Å²) in [5, 5.41) is 13.1. The van der Waals surface area contributed by atoms with Crippen molar-refractivity contribution in [2.24, 2.45) is 7.05 Å². The summed E-state index contributed by atoms with van der Waals surface area (Å²) in [6.45, 7) is 3.65. The van der Waals surface area contributed by atoms with Crippen molar-refractivity contribution in [1.82, 2.24) is 25.0 Å². The Morgan fingerprint density at radius 2 is 2.48 bits per heavy atom. The highest BCUT2D eigenvalue weighted by Gasteiger charge is 2.29. The maximum Gasteiger partial charge on any atom is 0.318 e. The molecule has 23 heavy (non-hydrogen) atoms. The smallest absolute Gasteiger partial charge is 0.318 e. The van der Waals surface area contributed by atoms with Crippen LogP contribution >= 0.6 is 11.3 Å². The van der Waals surface area contributed by atoms with E-state index in [1.165, 1.54) is 4.88 Å². The molecule has 0 aromatic carbocycles. The first-order valence-corrected chi connectivity index (χ1v) is 8.61. The number of nitrogens with zero attached hydrogens (tertiary/aromatic N) is 4. The zero-order chi connectivity index (χ0) is 16.2. The summed E-state index contributed by atoms with van der Waals surface area (Å²) < 4.78 is 7.57. The van der Waals surface area contributed by atoms with Gasteiger partial charge in [0.15, 0.2) is 5.82 Å². The zero-order valence-electron chi connectivity index (χ0n) is 13.3. The van der Waals surface area contributed by atoms with Crippen molar-refractivity contribution in [2.45, 2.75) is 25.5 Å². The van der Waals surface area contributed by atoms with Gasteiger partial charge in [-0.05, 0) is 17.9 Å². The molecule has 124 valence electrons. The number of rotatable bonds is 4. The summed E-state index contributed by atoms with van der Waals surface area (Å²) in [5.74, 6) is 0.743. The standard InChI is InChI=1S/C15H21N5O2S/c1-3-11(13-5-4-8-23-13)17-15(21)20-6-7-22-12(9-20)14-18-16-10-19(14)2/h4-5,8,10-12H,3,6-7,9H2,1-2H3,(H,17,21). The van der Waals surface area contributed by atoms with E-state index in [-0.39, 0.29) is 18.2 Å². The number of aryl methyl sites for hydroxylation is 1. The number of thiophene rings is 1. The van der Waals surface area contributed by atoms with Crippen LogP contribution in [0.1, 0.15) is 36.2 Å². The van der Waals surface area contributed by atoms with Crippen LogP contribution in [0.15, 0.2) is 23.8 Å². The summed E-state index contributed by atoms with van der Waals surface area (Å²) in [6.07, 6.45) is 2.27. The van der Waals surface area contributed by atoms with Gasteiger partial charge in [0, 0.05) is 18.5 Å². The van der Waals surface area contributed by atoms with Gasteiger partial charge in [-0.15, -0.1) is 21.5 Å². The molecule has 8 heteroatoms. The van der Waals surface area contributed by atoms with Crippen molar-refractivity contribution in [3.05, 3.63) is 34.5 Å². The molecule has 2 aromatic rings. The Morgan fingerprint density at radius 3 is 3.13 bits per heavy atom. The van der Waals surface area contributed by atoms with Gasteiger partial charge in [0.25, 0.3) is 0 Å². The molecule has 1 aliphatic heterocycles. The first kappa shape index (κ1) is 15.9. The van der Waals surface area contributed by atoms with Crippen LogP contribution < -0.4 is 5.32 Å². The van der Waals surface area contributed by atoms with Crippen LogP contribution in [-0.2, 0) is 11.8 Å². The van der Waals surface area contributed by atoms with E-state index in [0.29, 0.717) is 19.7 Å². The minimum Gasteiger partial charge on any atom is -0.366 e. The highest BCUT2D eigenvalue weighted by molar-refractivity contribution is 7.10. The van der Waals surface area contributed by atoms with Crippen molar-refractivity contribution >= 4 is 17.4 Å². The van der Waals surface area contributed by atoms with Gasteiger partial charge in [0.1, 0.15) is 12.4 Å². The molecule has 1 aliphatic rings. The highest BCUT2D eigenvalue weighted by Crippen LogP contribution is 2.23. The molecule has 0 radical (unpaired) electrons. The van der Waals surface area contributed by atoms with Gasteiger partial charge in [-0.2, -0.15) is 0 Å². The van der Waals surface area contributed by atoms with E-state index in [4.69, 9.17) is 4.74 Å². The van der Waals surface area contributed by atoms with Crippen LogP contribution in [0.5, 0.6) is 0 Å². The number of aromatic nitrogens is 3. The summed E-state index contributed by atoms with van der Waals surface area (Å²) >= 11 is 1.67. The SMILES string of the molecule is CCC(NC(=O)N1CCOC(c2nncn2C)C1)c1cccs1. The second-order valence-corrected chi connectivity index (χ2v) is 6.51. The number of morpholine rings is 1. The van der Waals surface area contributed by atoms with Crippen molar-refractivity contribution in [2.75, 3.05) is 19.7 Å². The predicted octanol–water partition coefficient (Wildman–Crippen LogP) is 2.11. The van der Waals surface area contributed by atoms with Crippen LogP contribution in [0.3, 0.4) is 0 Å². The number of amides is 2. The third-order valence-corrected chi connectivity index (χ3v) is 4.97. The Hall–Kier alpha value is -1.93. The Bertz CT molecular complexity index is 642. The monoisotopic (exact) mass is 335 g/mol. The zero-order valence-corrected chi connectivity index (χ0v) is 14.1. The second kappa shape index (κ2) is 7.10. The number of carbonyl (C=O) groups excluding carboxylic acids is 1. The fourth-order valence-electron chi connectivity index (χ4n) is 2.68. The topological polar surface area (TPSA) is 72.3 Å². The first-order valence-electron chi connectivity index (χ1n) is 7.73. The van der Waals surface area contributed by atoms with E-state index < -0.39 is 0 Å². The van der Waals surface area contributed by atoms with E-state index in [9.17, 15) is 4.79 Å². The molecular weight excluding hydrogens is 314 g/mol. The van der Waals surface area contributed by atoms with Gasteiger partial charge < -0.3 is 19.5 Å². The van der Waals surface area contributed by atoms with Gasteiger partial charge in [-0.1, -0.05) is 13.0 Å². The Morgan fingerprint density at radius 1 is 1.61 bits per heavy atom. The van der Waals surface area contributed by atoms with E-state index in [1.807, 2.05) is 23.1 Å². The van der Waals surface area contributed by atoms with E-state index in [2.05, 4.69) is 28.5 Å². The number of nitrogens with one attached hydrogen (secondary N) is 1. The number of ether oxygens (including phenoxy) is 1. The van der Waals surface area contributed by atoms with E-state index >= 15 is 0 Å². The third-order valence-electron chi connectivity index (χ3n) is 3.98. The maximum atomic E-state index is 12.6. The first-order chi connectivity index (χ1) is 11.2. The average molecular weight is 335 g/mol. The molecule has 1 fully saturated rings. The number of hydrogen-bond acceptors (Lipinski definition) is 5. The van der Waals surface area contributed by atoms with E-state index in [1.54, 1.807) is 22.6 Å². The van der Waals surface area contributed by atoms with Crippen LogP contribution in [0, 0.1) is 0 Å². The molecule has 0 spiro atoms. The Labute approximate surface area is 139 Å². The van der Waals surface area contributed by atoms with Gasteiger partial charge in [-0.25, -0.2) is 4.79 Å². The minimum atomic E-state index is -0.233. The molecule has 2 aromatic heterocycles. The summed E-state index contributed by atoms with van der Waals surface area (Å²) in [6, 6.07) is 4.06. The second-order valence-electron chi connectivity index (χ2n) is 5.53. The van der Waals surface area contributed by atoms with Crippen molar-refractivity contribution < 1.29 is 9.53 Å². The molecule has 1 N–H and O–H groups in total. The Balaban J connectivity index is 1.64. The molecule has 2 amide bonds. The fourth-order valence-corrected chi connectivity index (χ4v) is 3.54. The lowest BCUT2D eigenvalue weighted by Crippen LogP contribution is -2.48. The molecule has 0 aliphatic carbocycles. The van der Waals surface area contributed by atoms with Crippen LogP contribution in [-0.4, -0.2) is 45.4 Å². The number of urea groups is 1. The number of hydrogen-bond donors (Lipinski definition) is 1. The fraction of sp³-hybridized carbons (Fsp3) is 0.533. The molecule has 1 saturated heterocycles.